The van der Waals surface area contributed by atoms with Crippen molar-refractivity contribution in [1.82, 2.24) is 0 Å². The van der Waals surface area contributed by atoms with Gasteiger partial charge in [0.15, 0.2) is 0 Å². The summed E-state index contributed by atoms with van der Waals surface area (Å²) in [7, 11) is 1.26. The van der Waals surface area contributed by atoms with Gasteiger partial charge in [-0.05, 0) is 18.2 Å². The summed E-state index contributed by atoms with van der Waals surface area (Å²) in [4.78, 5) is 21.5. The molecule has 0 aromatic heterocycles. The smallest absolute Gasteiger partial charge is 0.339 e. The number of rotatable bonds is 2. The molecule has 0 atom stereocenters. The van der Waals surface area contributed by atoms with E-state index in [1.165, 1.54) is 25.3 Å². The fraction of sp³-hybridized carbons (Fsp3) is 0.111. The molecule has 0 saturated carbocycles. The van der Waals surface area contributed by atoms with E-state index in [4.69, 9.17) is 5.73 Å². The van der Waals surface area contributed by atoms with Gasteiger partial charge in [0.05, 0.1) is 12.7 Å². The summed E-state index contributed by atoms with van der Waals surface area (Å²) in [6.45, 7) is 0. The number of nitrogen functional groups attached to an aromatic ring is 1. The number of aldehydes is 1. The highest BCUT2D eigenvalue weighted by Gasteiger charge is 2.09. The Labute approximate surface area is 75.3 Å². The van der Waals surface area contributed by atoms with Crippen molar-refractivity contribution >= 4 is 17.9 Å². The number of hydrogen-bond donors (Lipinski definition) is 1. The second-order valence-electron chi connectivity index (χ2n) is 2.46. The van der Waals surface area contributed by atoms with Crippen molar-refractivity contribution in [3.63, 3.8) is 0 Å². The average Bonchev–Trinajstić information content (AvgIpc) is 2.17. The lowest BCUT2D eigenvalue weighted by Crippen LogP contribution is -2.06. The fourth-order valence-electron chi connectivity index (χ4n) is 0.934. The van der Waals surface area contributed by atoms with Crippen molar-refractivity contribution in [2.75, 3.05) is 12.8 Å². The van der Waals surface area contributed by atoms with Crippen LogP contribution in [-0.2, 0) is 4.74 Å². The summed E-state index contributed by atoms with van der Waals surface area (Å²) in [5.74, 6) is -0.541. The first-order chi connectivity index (χ1) is 6.19. The van der Waals surface area contributed by atoms with Crippen molar-refractivity contribution in [2.24, 2.45) is 0 Å². The minimum absolute atomic E-state index is 0.215. The van der Waals surface area contributed by atoms with E-state index in [0.717, 1.165) is 0 Å². The SMILES string of the molecule is COC(=O)c1cc(C=O)ccc1N. The monoisotopic (exact) mass is 179 g/mol. The van der Waals surface area contributed by atoms with Crippen molar-refractivity contribution in [2.45, 2.75) is 0 Å². The number of esters is 1. The predicted octanol–water partition coefficient (Wildman–Crippen LogP) is 0.868. The van der Waals surface area contributed by atoms with Gasteiger partial charge >= 0.3 is 5.97 Å². The van der Waals surface area contributed by atoms with E-state index < -0.39 is 5.97 Å². The molecule has 13 heavy (non-hydrogen) atoms. The Balaban J connectivity index is 3.18. The average molecular weight is 179 g/mol. The van der Waals surface area contributed by atoms with Crippen LogP contribution in [-0.4, -0.2) is 19.4 Å². The molecule has 0 spiro atoms. The van der Waals surface area contributed by atoms with Crippen LogP contribution < -0.4 is 5.73 Å². The van der Waals surface area contributed by atoms with Gasteiger partial charge in [-0.15, -0.1) is 0 Å². The molecule has 0 aliphatic rings. The van der Waals surface area contributed by atoms with Crippen molar-refractivity contribution in [3.05, 3.63) is 29.3 Å². The Kier molecular flexibility index (Phi) is 2.64. The third kappa shape index (κ3) is 1.84. The lowest BCUT2D eigenvalue weighted by atomic mass is 10.1. The molecule has 1 aromatic carbocycles. The molecule has 68 valence electrons. The van der Waals surface area contributed by atoms with E-state index in [1.807, 2.05) is 0 Å². The predicted molar refractivity (Wildman–Crippen MR) is 47.6 cm³/mol. The first-order valence-corrected chi connectivity index (χ1v) is 3.62. The van der Waals surface area contributed by atoms with Gasteiger partial charge in [-0.2, -0.15) is 0 Å². The number of anilines is 1. The van der Waals surface area contributed by atoms with E-state index in [-0.39, 0.29) is 5.56 Å². The maximum Gasteiger partial charge on any atom is 0.339 e. The van der Waals surface area contributed by atoms with Gasteiger partial charge in [0.2, 0.25) is 0 Å². The molecule has 0 fully saturated rings. The van der Waals surface area contributed by atoms with Gasteiger partial charge in [-0.25, -0.2) is 4.79 Å². The molecule has 1 rings (SSSR count). The van der Waals surface area contributed by atoms with E-state index in [0.29, 0.717) is 17.5 Å². The maximum absolute atomic E-state index is 11.1. The van der Waals surface area contributed by atoms with Crippen LogP contribution in [0, 0.1) is 0 Å². The molecule has 0 aliphatic heterocycles. The van der Waals surface area contributed by atoms with E-state index in [9.17, 15) is 9.59 Å². The minimum atomic E-state index is -0.541. The van der Waals surface area contributed by atoms with E-state index in [1.54, 1.807) is 0 Å². The van der Waals surface area contributed by atoms with Crippen LogP contribution >= 0.6 is 0 Å². The largest absolute Gasteiger partial charge is 0.465 e. The van der Waals surface area contributed by atoms with Gasteiger partial charge in [0.25, 0.3) is 0 Å². The standard InChI is InChI=1S/C9H9NO3/c1-13-9(12)7-4-6(5-11)2-3-8(7)10/h2-5H,10H2,1H3. The molecule has 4 nitrogen and oxygen atoms in total. The van der Waals surface area contributed by atoms with E-state index in [2.05, 4.69) is 4.74 Å². The minimum Gasteiger partial charge on any atom is -0.465 e. The molecule has 0 bridgehead atoms. The van der Waals surface area contributed by atoms with Crippen LogP contribution in [0.25, 0.3) is 0 Å². The van der Waals surface area contributed by atoms with Crippen LogP contribution in [0.4, 0.5) is 5.69 Å². The third-order valence-electron chi connectivity index (χ3n) is 1.62. The number of ether oxygens (including phenoxy) is 1. The number of methoxy groups -OCH3 is 1. The molecule has 0 unspecified atom stereocenters. The third-order valence-corrected chi connectivity index (χ3v) is 1.62. The Hall–Kier alpha value is -1.84. The zero-order valence-corrected chi connectivity index (χ0v) is 7.11. The first kappa shape index (κ1) is 9.25. The second-order valence-corrected chi connectivity index (χ2v) is 2.46. The topological polar surface area (TPSA) is 69.4 Å². The zero-order valence-electron chi connectivity index (χ0n) is 7.11. The molecule has 0 saturated heterocycles. The quantitative estimate of drug-likeness (QED) is 0.415. The maximum atomic E-state index is 11.1. The van der Waals surface area contributed by atoms with Crippen LogP contribution in [0.5, 0.6) is 0 Å². The lowest BCUT2D eigenvalue weighted by molar-refractivity contribution is 0.0602. The summed E-state index contributed by atoms with van der Waals surface area (Å²) in [6.07, 6.45) is 0.645. The summed E-state index contributed by atoms with van der Waals surface area (Å²) in [5, 5.41) is 0. The van der Waals surface area contributed by atoms with Crippen molar-refractivity contribution in [3.8, 4) is 0 Å². The molecular formula is C9H9NO3. The Morgan fingerprint density at radius 3 is 2.77 bits per heavy atom. The fourth-order valence-corrected chi connectivity index (χ4v) is 0.934. The zero-order chi connectivity index (χ0) is 9.84. The number of hydrogen-bond acceptors (Lipinski definition) is 4. The molecular weight excluding hydrogens is 170 g/mol. The van der Waals surface area contributed by atoms with Gasteiger partial charge in [-0.3, -0.25) is 4.79 Å². The van der Waals surface area contributed by atoms with Crippen molar-refractivity contribution < 1.29 is 14.3 Å². The summed E-state index contributed by atoms with van der Waals surface area (Å²) in [6, 6.07) is 4.43. The Morgan fingerprint density at radius 1 is 1.54 bits per heavy atom. The number of carbonyl (C=O) groups excluding carboxylic acids is 2. The van der Waals surface area contributed by atoms with Gasteiger partial charge in [0.1, 0.15) is 6.29 Å². The molecule has 0 aliphatic carbocycles. The van der Waals surface area contributed by atoms with Gasteiger partial charge in [0, 0.05) is 11.3 Å². The molecule has 0 radical (unpaired) electrons. The molecule has 0 amide bonds. The molecule has 4 heteroatoms. The van der Waals surface area contributed by atoms with Crippen LogP contribution in [0.2, 0.25) is 0 Å². The highest BCUT2D eigenvalue weighted by Crippen LogP contribution is 2.13. The van der Waals surface area contributed by atoms with E-state index >= 15 is 0 Å². The number of carbonyl (C=O) groups is 2. The summed E-state index contributed by atoms with van der Waals surface area (Å²) < 4.78 is 4.48. The summed E-state index contributed by atoms with van der Waals surface area (Å²) >= 11 is 0. The second kappa shape index (κ2) is 3.71. The normalized spacial score (nSPS) is 9.31. The van der Waals surface area contributed by atoms with Gasteiger partial charge < -0.3 is 10.5 Å². The number of nitrogens with two attached hydrogens (primary N) is 1. The Morgan fingerprint density at radius 2 is 2.23 bits per heavy atom. The molecule has 0 heterocycles. The lowest BCUT2D eigenvalue weighted by Gasteiger charge is -2.03. The first-order valence-electron chi connectivity index (χ1n) is 3.62. The van der Waals surface area contributed by atoms with Gasteiger partial charge in [-0.1, -0.05) is 0 Å². The van der Waals surface area contributed by atoms with Crippen molar-refractivity contribution in [1.29, 1.82) is 0 Å². The van der Waals surface area contributed by atoms with Crippen LogP contribution in [0.15, 0.2) is 18.2 Å². The number of benzene rings is 1. The van der Waals surface area contributed by atoms with Crippen LogP contribution in [0.3, 0.4) is 0 Å². The van der Waals surface area contributed by atoms with Crippen LogP contribution in [0.1, 0.15) is 20.7 Å². The molecule has 1 aromatic rings. The Bertz CT molecular complexity index is 347. The highest BCUT2D eigenvalue weighted by molar-refractivity contribution is 5.96. The highest BCUT2D eigenvalue weighted by atomic mass is 16.5. The summed E-state index contributed by atoms with van der Waals surface area (Å²) in [5.41, 5.74) is 6.42. The molecule has 2 N–H and O–H groups in total.